The molecule has 0 aliphatic heterocycles. The van der Waals surface area contributed by atoms with Crippen molar-refractivity contribution in [3.8, 4) is 11.1 Å². The van der Waals surface area contributed by atoms with Crippen molar-refractivity contribution in [3.63, 3.8) is 0 Å². The van der Waals surface area contributed by atoms with Crippen LogP contribution in [0, 0.1) is 21.7 Å². The molecule has 0 unspecified atom stereocenters. The molecule has 2 aromatic heterocycles. The third-order valence-electron chi connectivity index (χ3n) is 8.89. The average molecular weight is 573 g/mol. The van der Waals surface area contributed by atoms with E-state index in [2.05, 4.69) is 129 Å². The van der Waals surface area contributed by atoms with Crippen molar-refractivity contribution in [1.82, 2.24) is 0 Å². The number of carbonyl (C=O) groups excluding carboxylic acids is 2. The highest BCUT2D eigenvalue weighted by molar-refractivity contribution is 7.09. The minimum Gasteiger partial charge on any atom is -0.289 e. The maximum Gasteiger partial charge on any atom is 0.185 e. The number of hydrogen-bond donors (Lipinski definition) is 0. The summed E-state index contributed by atoms with van der Waals surface area (Å²) in [6.07, 6.45) is 9.17. The van der Waals surface area contributed by atoms with E-state index in [-0.39, 0.29) is 33.2 Å². The van der Waals surface area contributed by atoms with Crippen LogP contribution in [0.5, 0.6) is 0 Å². The smallest absolute Gasteiger partial charge is 0.185 e. The number of hydrogen-bond acceptors (Lipinski definition) is 4. The van der Waals surface area contributed by atoms with Gasteiger partial charge in [-0.2, -0.15) is 22.7 Å². The zero-order valence-corrected chi connectivity index (χ0v) is 27.9. The fraction of sp³-hybridized carbons (Fsp3) is 0.500. The Morgan fingerprint density at radius 2 is 0.700 bits per heavy atom. The Bertz CT molecular complexity index is 1360. The van der Waals surface area contributed by atoms with E-state index in [9.17, 15) is 9.59 Å². The molecule has 0 amide bonds. The molecule has 0 saturated carbocycles. The van der Waals surface area contributed by atoms with Gasteiger partial charge in [-0.15, -0.1) is 0 Å². The SMILES string of the molecule is CC(C)(C)C1=CC2(C=C(C(C)(C)C)C1=O)c1cscc1-c1cscc1C21C=C(C(C)(C)C)C(=O)C(C(C)(C)C)=C1. The lowest BCUT2D eigenvalue weighted by molar-refractivity contribution is -0.115. The first kappa shape index (κ1) is 29.2. The first-order chi connectivity index (χ1) is 18.2. The summed E-state index contributed by atoms with van der Waals surface area (Å²) in [6, 6.07) is 0. The van der Waals surface area contributed by atoms with Crippen LogP contribution in [0.15, 0.2) is 68.1 Å². The van der Waals surface area contributed by atoms with Crippen LogP contribution < -0.4 is 0 Å². The van der Waals surface area contributed by atoms with Crippen LogP contribution in [0.3, 0.4) is 0 Å². The molecule has 5 rings (SSSR count). The lowest BCUT2D eigenvalue weighted by atomic mass is 9.47. The molecule has 2 aromatic rings. The van der Waals surface area contributed by atoms with Gasteiger partial charge in [0.2, 0.25) is 0 Å². The molecule has 2 nitrogen and oxygen atoms in total. The molecule has 0 N–H and O–H groups in total. The van der Waals surface area contributed by atoms with Gasteiger partial charge in [0, 0.05) is 22.3 Å². The molecule has 0 bridgehead atoms. The number of carbonyl (C=O) groups is 2. The Hall–Kier alpha value is -2.30. The van der Waals surface area contributed by atoms with Crippen molar-refractivity contribution >= 4 is 34.2 Å². The van der Waals surface area contributed by atoms with Crippen LogP contribution >= 0.6 is 22.7 Å². The van der Waals surface area contributed by atoms with Crippen LogP contribution in [0.4, 0.5) is 0 Å². The predicted molar refractivity (Wildman–Crippen MR) is 171 cm³/mol. The maximum atomic E-state index is 14.2. The molecular weight excluding hydrogens is 529 g/mol. The highest BCUT2D eigenvalue weighted by Gasteiger charge is 2.59. The van der Waals surface area contributed by atoms with Gasteiger partial charge in [-0.05, 0) is 65.4 Å². The zero-order valence-electron chi connectivity index (χ0n) is 26.3. The number of rotatable bonds is 0. The normalized spacial score (nSPS) is 20.6. The van der Waals surface area contributed by atoms with Crippen LogP contribution in [-0.4, -0.2) is 11.6 Å². The zero-order chi connectivity index (χ0) is 29.8. The second kappa shape index (κ2) is 8.61. The van der Waals surface area contributed by atoms with Crippen molar-refractivity contribution in [1.29, 1.82) is 0 Å². The van der Waals surface area contributed by atoms with Gasteiger partial charge in [0.15, 0.2) is 11.6 Å². The number of allylic oxidation sites excluding steroid dienone is 8. The molecular formula is C36H44O2S2. The largest absolute Gasteiger partial charge is 0.289 e. The van der Waals surface area contributed by atoms with E-state index >= 15 is 0 Å². The van der Waals surface area contributed by atoms with Crippen molar-refractivity contribution in [3.05, 3.63) is 79.2 Å². The first-order valence-corrected chi connectivity index (χ1v) is 16.2. The van der Waals surface area contributed by atoms with Crippen LogP contribution in [0.2, 0.25) is 0 Å². The Balaban J connectivity index is 2.06. The minimum atomic E-state index is -0.663. The van der Waals surface area contributed by atoms with E-state index < -0.39 is 10.8 Å². The molecule has 0 aromatic carbocycles. The van der Waals surface area contributed by atoms with Gasteiger partial charge in [0.05, 0.1) is 10.8 Å². The summed E-state index contributed by atoms with van der Waals surface area (Å²) in [6.45, 7) is 25.8. The van der Waals surface area contributed by atoms with E-state index in [1.807, 2.05) is 0 Å². The minimum absolute atomic E-state index is 0.139. The van der Waals surface area contributed by atoms with E-state index in [4.69, 9.17) is 0 Å². The van der Waals surface area contributed by atoms with Gasteiger partial charge < -0.3 is 0 Å². The summed E-state index contributed by atoms with van der Waals surface area (Å²) in [7, 11) is 0. The second-order valence-corrected chi connectivity index (χ2v) is 17.5. The summed E-state index contributed by atoms with van der Waals surface area (Å²) in [5.41, 5.74) is 5.61. The van der Waals surface area contributed by atoms with E-state index in [1.165, 1.54) is 22.3 Å². The molecule has 0 atom stereocenters. The molecule has 40 heavy (non-hydrogen) atoms. The van der Waals surface area contributed by atoms with Crippen LogP contribution in [-0.2, 0) is 20.4 Å². The van der Waals surface area contributed by atoms with Gasteiger partial charge in [0.1, 0.15) is 0 Å². The van der Waals surface area contributed by atoms with Crippen LogP contribution in [0.25, 0.3) is 11.1 Å². The third kappa shape index (κ3) is 4.08. The highest BCUT2D eigenvalue weighted by Crippen LogP contribution is 2.64. The number of ketones is 2. The quantitative estimate of drug-likeness (QED) is 0.315. The van der Waals surface area contributed by atoms with Gasteiger partial charge in [-0.1, -0.05) is 107 Å². The van der Waals surface area contributed by atoms with E-state index in [1.54, 1.807) is 22.7 Å². The van der Waals surface area contributed by atoms with Crippen LogP contribution in [0.1, 0.15) is 94.2 Å². The Morgan fingerprint density at radius 3 is 0.925 bits per heavy atom. The third-order valence-corrected chi connectivity index (χ3v) is 10.4. The summed E-state index contributed by atoms with van der Waals surface area (Å²) in [4.78, 5) is 28.5. The molecule has 0 fully saturated rings. The maximum absolute atomic E-state index is 14.2. The number of Topliss-reactive ketones (excluding diaryl/α,β-unsaturated/α-hetero) is 2. The first-order valence-electron chi connectivity index (χ1n) is 14.3. The van der Waals surface area contributed by atoms with Gasteiger partial charge in [-0.3, -0.25) is 9.59 Å². The Morgan fingerprint density at radius 1 is 0.450 bits per heavy atom. The summed E-state index contributed by atoms with van der Waals surface area (Å²) in [5, 5.41) is 9.09. The molecule has 0 radical (unpaired) electrons. The van der Waals surface area contributed by atoms with Crippen molar-refractivity contribution < 1.29 is 9.59 Å². The van der Waals surface area contributed by atoms with Crippen molar-refractivity contribution in [2.24, 2.45) is 21.7 Å². The highest BCUT2D eigenvalue weighted by atomic mass is 32.1. The summed E-state index contributed by atoms with van der Waals surface area (Å²) < 4.78 is 0. The van der Waals surface area contributed by atoms with Crippen molar-refractivity contribution in [2.45, 2.75) is 93.9 Å². The standard InChI is InChI=1S/C36H44O2S2/c1-31(2,3)23-13-35(14-24(29(23)37)32(4,5)6)27-19-39-17-21(27)22-18-40-20-28(22)36(35)15-25(33(7,8)9)30(38)26(16-36)34(10,11)12/h13-20H,1-12H3. The fourth-order valence-electron chi connectivity index (χ4n) is 6.66. The molecule has 3 aliphatic rings. The van der Waals surface area contributed by atoms with E-state index in [0.29, 0.717) is 0 Å². The molecule has 212 valence electrons. The molecule has 3 aliphatic carbocycles. The summed E-state index contributed by atoms with van der Waals surface area (Å²) in [5.74, 6) is 0.279. The van der Waals surface area contributed by atoms with Gasteiger partial charge in [-0.25, -0.2) is 0 Å². The number of thiophene rings is 2. The topological polar surface area (TPSA) is 34.1 Å². The molecule has 4 heteroatoms. The van der Waals surface area contributed by atoms with Gasteiger partial charge in [0.25, 0.3) is 0 Å². The lowest BCUT2D eigenvalue weighted by Gasteiger charge is -2.54. The number of fused-ring (bicyclic) bond motifs is 6. The summed E-state index contributed by atoms with van der Waals surface area (Å²) >= 11 is 3.44. The monoisotopic (exact) mass is 572 g/mol. The average Bonchev–Trinajstić information content (AvgIpc) is 3.46. The van der Waals surface area contributed by atoms with E-state index in [0.717, 1.165) is 22.3 Å². The molecule has 2 heterocycles. The fourth-order valence-corrected chi connectivity index (χ4v) is 8.49. The molecule has 0 saturated heterocycles. The lowest BCUT2D eigenvalue weighted by Crippen LogP contribution is -2.52. The molecule has 2 spiro atoms. The second-order valence-electron chi connectivity index (χ2n) is 16.0. The van der Waals surface area contributed by atoms with Gasteiger partial charge >= 0.3 is 0 Å². The predicted octanol–water partition coefficient (Wildman–Crippen LogP) is 10.0. The Kier molecular flexibility index (Phi) is 6.29. The Labute approximate surface area is 249 Å². The van der Waals surface area contributed by atoms with Crippen molar-refractivity contribution in [2.75, 3.05) is 0 Å².